The van der Waals surface area contributed by atoms with Crippen molar-refractivity contribution in [3.8, 4) is 55.6 Å². The smallest absolute Gasteiger partial charge is 0.545 e. The number of hydrogen-bond donors (Lipinski definition) is 3. The Hall–Kier alpha value is -10.6. The minimum Gasteiger partial charge on any atom is -0.545 e. The fourth-order valence-electron chi connectivity index (χ4n) is 9.20. The summed E-state index contributed by atoms with van der Waals surface area (Å²) in [5.41, 5.74) is 9.63. The standard InChI is InChI=1S/C28H25N3O3.C24H17N3O3.C23H21BrN2O3.Na/c1-28(2,3)34-27(33)24-12-11-20(19-8-5-4-6-9-19)15-25(24)31-26(32)23-14-22(17-30-18-23)21-10-7-13-29-16-21;28-23(20-11-19(14-26-15-20)18-7-4-10-25-13-18)27-22-12-17(8-9-21(22)24(29)30)16-5-2-1-3-6-16;1-23(2,3)29-22(28)19-10-9-16(15-7-5-4-6-8-15)12-20(19)26-21(27)17-11-18(24)14-25-13-17;/h4-18H,1-3H3,(H,31,32);1-15H,(H,27,28)(H,29,30);4-14H,1-3H3,(H,26,27);/q;;;+1/p-1. The first-order valence-electron chi connectivity index (χ1n) is 29.2. The first kappa shape index (κ1) is 69.3. The Kier molecular flexibility index (Phi) is 23.6. The Morgan fingerprint density at radius 1 is 0.351 bits per heavy atom. The Morgan fingerprint density at radius 3 is 1.00 bits per heavy atom. The van der Waals surface area contributed by atoms with Crippen molar-refractivity contribution in [2.24, 2.45) is 0 Å². The van der Waals surface area contributed by atoms with Gasteiger partial charge in [-0.25, -0.2) is 9.59 Å². The number of hydrogen-bond acceptors (Lipinski definition) is 14. The number of rotatable bonds is 14. The van der Waals surface area contributed by atoms with E-state index in [0.717, 1.165) is 55.6 Å². The molecule has 17 nitrogen and oxygen atoms in total. The topological polar surface area (TPSA) is 244 Å². The van der Waals surface area contributed by atoms with Crippen molar-refractivity contribution in [1.82, 2.24) is 24.9 Å². The maximum atomic E-state index is 13.2. The molecule has 0 radical (unpaired) electrons. The van der Waals surface area contributed by atoms with Crippen molar-refractivity contribution < 1.29 is 72.9 Å². The monoisotopic (exact) mass is 1320 g/mol. The van der Waals surface area contributed by atoms with E-state index in [2.05, 4.69) is 56.8 Å². The summed E-state index contributed by atoms with van der Waals surface area (Å²) in [5.74, 6) is -3.60. The molecule has 0 saturated carbocycles. The van der Waals surface area contributed by atoms with Crippen molar-refractivity contribution in [2.75, 3.05) is 16.0 Å². The molecular weight excluding hydrogens is 1260 g/mol. The Labute approximate surface area is 574 Å². The number of nitrogens with zero attached hydrogens (tertiary/aromatic N) is 5. The number of ether oxygens (including phenoxy) is 2. The minimum atomic E-state index is -1.37. The van der Waals surface area contributed by atoms with E-state index in [0.29, 0.717) is 32.5 Å². The van der Waals surface area contributed by atoms with Crippen molar-refractivity contribution in [3.63, 3.8) is 0 Å². The molecule has 94 heavy (non-hydrogen) atoms. The zero-order chi connectivity index (χ0) is 66.1. The van der Waals surface area contributed by atoms with Crippen LogP contribution in [0, 0.1) is 0 Å². The molecule has 11 aromatic rings. The van der Waals surface area contributed by atoms with Crippen molar-refractivity contribution in [3.05, 3.63) is 288 Å². The molecule has 0 fully saturated rings. The minimum absolute atomic E-state index is 0. The third-order valence-corrected chi connectivity index (χ3v) is 14.0. The normalized spacial score (nSPS) is 10.7. The van der Waals surface area contributed by atoms with Gasteiger partial charge < -0.3 is 35.3 Å². The molecule has 0 bridgehead atoms. The summed E-state index contributed by atoms with van der Waals surface area (Å²) in [5, 5.41) is 19.9. The average Bonchev–Trinajstić information content (AvgIpc) is 0.844. The van der Waals surface area contributed by atoms with Crippen molar-refractivity contribution in [2.45, 2.75) is 52.7 Å². The van der Waals surface area contributed by atoms with Crippen LogP contribution in [0.4, 0.5) is 17.1 Å². The molecule has 0 aliphatic rings. The van der Waals surface area contributed by atoms with E-state index in [1.165, 1.54) is 24.7 Å². The van der Waals surface area contributed by atoms with Gasteiger partial charge in [-0.3, -0.25) is 39.3 Å². The zero-order valence-electron chi connectivity index (χ0n) is 52.5. The number of benzene rings is 6. The van der Waals surface area contributed by atoms with Crippen LogP contribution in [0.3, 0.4) is 0 Å². The van der Waals surface area contributed by atoms with Crippen LogP contribution in [0.1, 0.15) is 104 Å². The zero-order valence-corrected chi connectivity index (χ0v) is 56.0. The first-order chi connectivity index (χ1) is 44.6. The fourth-order valence-corrected chi connectivity index (χ4v) is 9.57. The van der Waals surface area contributed by atoms with E-state index in [4.69, 9.17) is 9.47 Å². The van der Waals surface area contributed by atoms with Gasteiger partial charge in [0.1, 0.15) is 11.2 Å². The maximum Gasteiger partial charge on any atom is 1.00 e. The number of carbonyl (C=O) groups excluding carboxylic acids is 6. The summed E-state index contributed by atoms with van der Waals surface area (Å²) >= 11 is 3.31. The predicted octanol–water partition coefficient (Wildman–Crippen LogP) is 12.2. The number of aromatic carboxylic acids is 1. The Balaban J connectivity index is 0.000000181. The van der Waals surface area contributed by atoms with Gasteiger partial charge >= 0.3 is 41.5 Å². The van der Waals surface area contributed by atoms with E-state index < -0.39 is 35.0 Å². The molecule has 19 heteroatoms. The molecule has 0 atom stereocenters. The van der Waals surface area contributed by atoms with Crippen molar-refractivity contribution >= 4 is 68.6 Å². The number of halogens is 1. The molecule has 0 aliphatic heterocycles. The molecule has 0 aliphatic carbocycles. The molecule has 11 rings (SSSR count). The van der Waals surface area contributed by atoms with Gasteiger partial charge in [0.2, 0.25) is 0 Å². The molecule has 0 unspecified atom stereocenters. The fraction of sp³-hybridized carbons (Fsp3) is 0.107. The second kappa shape index (κ2) is 32.1. The third kappa shape index (κ3) is 19.5. The summed E-state index contributed by atoms with van der Waals surface area (Å²) in [4.78, 5) is 96.5. The van der Waals surface area contributed by atoms with Crippen LogP contribution in [0.2, 0.25) is 0 Å². The van der Waals surface area contributed by atoms with Crippen LogP contribution < -0.4 is 50.6 Å². The molecule has 3 N–H and O–H groups in total. The number of amides is 3. The van der Waals surface area contributed by atoms with E-state index >= 15 is 0 Å². The SMILES string of the molecule is CC(C)(C)OC(=O)c1ccc(-c2ccccc2)cc1NC(=O)c1cncc(-c2cccnc2)c1.CC(C)(C)OC(=O)c1ccc(-c2ccccc2)cc1NC(=O)c1cncc(Br)c1.O=C(Nc1cc(-c2ccccc2)ccc1C(=O)[O-])c1cncc(-c2cccnc2)c1.[Na+]. The second-order valence-corrected chi connectivity index (χ2v) is 23.7. The number of nitrogens with one attached hydrogen (secondary N) is 3. The molecule has 5 aromatic heterocycles. The molecule has 3 amide bonds. The van der Waals surface area contributed by atoms with Crippen molar-refractivity contribution in [1.29, 1.82) is 0 Å². The van der Waals surface area contributed by atoms with Crippen LogP contribution in [-0.4, -0.2) is 71.8 Å². The van der Waals surface area contributed by atoms with E-state index in [9.17, 15) is 33.9 Å². The van der Waals surface area contributed by atoms with E-state index in [1.54, 1.807) is 146 Å². The molecule has 464 valence electrons. The van der Waals surface area contributed by atoms with Crippen LogP contribution in [-0.2, 0) is 9.47 Å². The quantitative estimate of drug-likeness (QED) is 0.0677. The van der Waals surface area contributed by atoms with Gasteiger partial charge in [-0.05, 0) is 152 Å². The van der Waals surface area contributed by atoms with Gasteiger partial charge in [0.05, 0.1) is 50.8 Å². The molecule has 6 aromatic carbocycles. The number of aromatic nitrogens is 5. The first-order valence-corrected chi connectivity index (χ1v) is 30.0. The van der Waals surface area contributed by atoms with Gasteiger partial charge in [0.25, 0.3) is 17.7 Å². The molecule has 0 saturated heterocycles. The Morgan fingerprint density at radius 2 is 0.670 bits per heavy atom. The summed E-state index contributed by atoms with van der Waals surface area (Å²) < 4.78 is 11.8. The number of carbonyl (C=O) groups is 6. The summed E-state index contributed by atoms with van der Waals surface area (Å²) in [6, 6.07) is 56.7. The molecule has 5 heterocycles. The number of carboxylic acid groups (broad SMARTS) is 1. The van der Waals surface area contributed by atoms with Gasteiger partial charge in [-0.2, -0.15) is 0 Å². The number of esters is 2. The van der Waals surface area contributed by atoms with Crippen LogP contribution >= 0.6 is 15.9 Å². The number of pyridine rings is 5. The van der Waals surface area contributed by atoms with E-state index in [1.807, 2.05) is 121 Å². The largest absolute Gasteiger partial charge is 1.00 e. The van der Waals surface area contributed by atoms with Gasteiger partial charge in [0, 0.05) is 94.3 Å². The Bertz CT molecular complexity index is 4480. The summed E-state index contributed by atoms with van der Waals surface area (Å²) in [6.07, 6.45) is 16.0. The summed E-state index contributed by atoms with van der Waals surface area (Å²) in [6.45, 7) is 10.8. The second-order valence-electron chi connectivity index (χ2n) is 22.8. The van der Waals surface area contributed by atoms with Crippen LogP contribution in [0.15, 0.2) is 254 Å². The predicted molar refractivity (Wildman–Crippen MR) is 361 cm³/mol. The number of carboxylic acids is 1. The van der Waals surface area contributed by atoms with Crippen LogP contribution in [0.25, 0.3) is 55.6 Å². The maximum absolute atomic E-state index is 13.2. The van der Waals surface area contributed by atoms with Gasteiger partial charge in [-0.1, -0.05) is 127 Å². The van der Waals surface area contributed by atoms with Gasteiger partial charge in [0.15, 0.2) is 0 Å². The van der Waals surface area contributed by atoms with Gasteiger partial charge in [-0.15, -0.1) is 0 Å². The third-order valence-electron chi connectivity index (χ3n) is 13.5. The number of anilines is 3. The molecule has 0 spiro atoms. The van der Waals surface area contributed by atoms with E-state index in [-0.39, 0.29) is 63.7 Å². The molecular formula is C75H62BrN8NaO9. The van der Waals surface area contributed by atoms with Crippen LogP contribution in [0.5, 0.6) is 0 Å². The summed E-state index contributed by atoms with van der Waals surface area (Å²) in [7, 11) is 0. The average molecular weight is 1320 g/mol.